The van der Waals surface area contributed by atoms with Gasteiger partial charge in [0.15, 0.2) is 0 Å². The fourth-order valence-electron chi connectivity index (χ4n) is 1.48. The van der Waals surface area contributed by atoms with Crippen LogP contribution in [-0.2, 0) is 11.3 Å². The molecule has 1 atom stereocenters. The van der Waals surface area contributed by atoms with Crippen molar-refractivity contribution >= 4 is 17.3 Å². The summed E-state index contributed by atoms with van der Waals surface area (Å²) in [4.78, 5) is 11.9. The zero-order chi connectivity index (χ0) is 13.5. The molecule has 0 bridgehead atoms. The van der Waals surface area contributed by atoms with E-state index in [1.54, 1.807) is 19.4 Å². The van der Waals surface area contributed by atoms with Gasteiger partial charge >= 0.3 is 0 Å². The summed E-state index contributed by atoms with van der Waals surface area (Å²) >= 11 is 6.02. The molecule has 6 heteroatoms. The molecule has 0 aliphatic heterocycles. The third-order valence-electron chi connectivity index (χ3n) is 2.41. The van der Waals surface area contributed by atoms with Gasteiger partial charge in [-0.05, 0) is 13.3 Å². The van der Waals surface area contributed by atoms with Crippen LogP contribution in [0, 0.1) is 0 Å². The van der Waals surface area contributed by atoms with Crippen LogP contribution >= 0.6 is 11.6 Å². The van der Waals surface area contributed by atoms with Gasteiger partial charge in [-0.3, -0.25) is 4.79 Å². The summed E-state index contributed by atoms with van der Waals surface area (Å²) in [7, 11) is 1.57. The number of hydrogen-bond donors (Lipinski definition) is 1. The number of anilines is 1. The summed E-state index contributed by atoms with van der Waals surface area (Å²) in [6.07, 6.45) is 4.14. The van der Waals surface area contributed by atoms with Crippen LogP contribution in [0.1, 0.15) is 13.3 Å². The van der Waals surface area contributed by atoms with Gasteiger partial charge < -0.3 is 10.1 Å². The van der Waals surface area contributed by atoms with E-state index in [1.807, 2.05) is 6.92 Å². The molecule has 0 saturated carbocycles. The molecule has 0 aromatic carbocycles. The van der Waals surface area contributed by atoms with Crippen LogP contribution in [0.2, 0.25) is 5.02 Å². The van der Waals surface area contributed by atoms with Gasteiger partial charge in [0.2, 0.25) is 0 Å². The average Bonchev–Trinajstić information content (AvgIpc) is 2.34. The SMILES string of the molecule is C=CCC(C)Nc1cnn(CCOC)c(=O)c1Cl. The van der Waals surface area contributed by atoms with Crippen molar-refractivity contribution in [1.82, 2.24) is 9.78 Å². The standard InChI is InChI=1S/C12H18ClN3O2/c1-4-5-9(2)15-10-8-14-16(6-7-18-3)12(17)11(10)13/h4,8-9,15H,1,5-7H2,2-3H3. The third kappa shape index (κ3) is 3.85. The lowest BCUT2D eigenvalue weighted by molar-refractivity contribution is 0.182. The minimum Gasteiger partial charge on any atom is -0.383 e. The number of nitrogens with one attached hydrogen (secondary N) is 1. The number of halogens is 1. The molecule has 0 aliphatic carbocycles. The second-order valence-electron chi connectivity index (χ2n) is 3.96. The Morgan fingerprint density at radius 2 is 2.44 bits per heavy atom. The second-order valence-corrected chi connectivity index (χ2v) is 4.34. The lowest BCUT2D eigenvalue weighted by Crippen LogP contribution is -2.27. The van der Waals surface area contributed by atoms with Crippen LogP contribution in [0.3, 0.4) is 0 Å². The average molecular weight is 272 g/mol. The Hall–Kier alpha value is -1.33. The Balaban J connectivity index is 2.86. The molecule has 0 radical (unpaired) electrons. The number of methoxy groups -OCH3 is 1. The molecule has 0 amide bonds. The summed E-state index contributed by atoms with van der Waals surface area (Å²) in [5.41, 5.74) is 0.231. The predicted molar refractivity (Wildman–Crippen MR) is 73.3 cm³/mol. The highest BCUT2D eigenvalue weighted by molar-refractivity contribution is 6.32. The van der Waals surface area contributed by atoms with Crippen molar-refractivity contribution in [3.8, 4) is 0 Å². The highest BCUT2D eigenvalue weighted by Gasteiger charge is 2.10. The van der Waals surface area contributed by atoms with Crippen LogP contribution in [-0.4, -0.2) is 29.5 Å². The number of rotatable bonds is 7. The van der Waals surface area contributed by atoms with E-state index in [0.29, 0.717) is 18.8 Å². The van der Waals surface area contributed by atoms with E-state index < -0.39 is 0 Å². The summed E-state index contributed by atoms with van der Waals surface area (Å²) < 4.78 is 6.18. The highest BCUT2D eigenvalue weighted by Crippen LogP contribution is 2.17. The zero-order valence-electron chi connectivity index (χ0n) is 10.6. The minimum atomic E-state index is -0.315. The van der Waals surface area contributed by atoms with Crippen LogP contribution in [0.25, 0.3) is 0 Å². The molecule has 1 aromatic heterocycles. The van der Waals surface area contributed by atoms with Crippen LogP contribution < -0.4 is 10.9 Å². The van der Waals surface area contributed by atoms with E-state index in [1.165, 1.54) is 4.68 Å². The Labute approximate surface area is 111 Å². The maximum Gasteiger partial charge on any atom is 0.287 e. The second kappa shape index (κ2) is 7.18. The normalized spacial score (nSPS) is 12.2. The van der Waals surface area contributed by atoms with Crippen LogP contribution in [0.4, 0.5) is 5.69 Å². The molecule has 1 N–H and O–H groups in total. The van der Waals surface area contributed by atoms with Crippen LogP contribution in [0.15, 0.2) is 23.6 Å². The van der Waals surface area contributed by atoms with Crippen molar-refractivity contribution in [2.24, 2.45) is 0 Å². The first-order chi connectivity index (χ1) is 8.60. The molecule has 18 heavy (non-hydrogen) atoms. The molecular formula is C12H18ClN3O2. The Morgan fingerprint density at radius 3 is 3.06 bits per heavy atom. The maximum absolute atomic E-state index is 11.9. The van der Waals surface area contributed by atoms with Gasteiger partial charge in [-0.1, -0.05) is 17.7 Å². The van der Waals surface area contributed by atoms with Crippen molar-refractivity contribution in [1.29, 1.82) is 0 Å². The molecule has 0 saturated heterocycles. The monoisotopic (exact) mass is 271 g/mol. The fraction of sp³-hybridized carbons (Fsp3) is 0.500. The minimum absolute atomic E-state index is 0.149. The molecule has 1 heterocycles. The Bertz CT molecular complexity index is 459. The molecule has 0 fully saturated rings. The predicted octanol–water partition coefficient (Wildman–Crippen LogP) is 1.92. The quantitative estimate of drug-likeness (QED) is 0.770. The van der Waals surface area contributed by atoms with Crippen molar-refractivity contribution < 1.29 is 4.74 Å². The van der Waals surface area contributed by atoms with Gasteiger partial charge in [0.1, 0.15) is 5.02 Å². The summed E-state index contributed by atoms with van der Waals surface area (Å²) in [6, 6.07) is 0.149. The molecule has 0 spiro atoms. The van der Waals surface area contributed by atoms with E-state index in [-0.39, 0.29) is 16.6 Å². The van der Waals surface area contributed by atoms with E-state index in [4.69, 9.17) is 16.3 Å². The molecule has 1 rings (SSSR count). The Kier molecular flexibility index (Phi) is 5.88. The van der Waals surface area contributed by atoms with Gasteiger partial charge in [-0.15, -0.1) is 6.58 Å². The molecule has 100 valence electrons. The molecule has 1 unspecified atom stereocenters. The van der Waals surface area contributed by atoms with Crippen molar-refractivity contribution in [3.05, 3.63) is 34.2 Å². The third-order valence-corrected chi connectivity index (χ3v) is 2.78. The van der Waals surface area contributed by atoms with Crippen molar-refractivity contribution in [3.63, 3.8) is 0 Å². The lowest BCUT2D eigenvalue weighted by atomic mass is 10.2. The first-order valence-corrected chi connectivity index (χ1v) is 6.10. The van der Waals surface area contributed by atoms with E-state index in [2.05, 4.69) is 17.0 Å². The Morgan fingerprint density at radius 1 is 1.72 bits per heavy atom. The van der Waals surface area contributed by atoms with Gasteiger partial charge in [0.05, 0.1) is 25.0 Å². The first kappa shape index (κ1) is 14.7. The molecule has 5 nitrogen and oxygen atoms in total. The maximum atomic E-state index is 11.9. The molecule has 0 aliphatic rings. The van der Waals surface area contributed by atoms with Gasteiger partial charge in [-0.2, -0.15) is 5.10 Å². The smallest absolute Gasteiger partial charge is 0.287 e. The van der Waals surface area contributed by atoms with E-state index in [0.717, 1.165) is 6.42 Å². The van der Waals surface area contributed by atoms with Gasteiger partial charge in [-0.25, -0.2) is 4.68 Å². The molecule has 1 aromatic rings. The zero-order valence-corrected chi connectivity index (χ0v) is 11.4. The van der Waals surface area contributed by atoms with Crippen molar-refractivity contribution in [2.45, 2.75) is 25.9 Å². The van der Waals surface area contributed by atoms with Crippen LogP contribution in [0.5, 0.6) is 0 Å². The highest BCUT2D eigenvalue weighted by atomic mass is 35.5. The summed E-state index contributed by atoms with van der Waals surface area (Å²) in [5.74, 6) is 0. The summed E-state index contributed by atoms with van der Waals surface area (Å²) in [6.45, 7) is 6.45. The van der Waals surface area contributed by atoms with Crippen molar-refractivity contribution in [2.75, 3.05) is 19.0 Å². The number of hydrogen-bond acceptors (Lipinski definition) is 4. The largest absolute Gasteiger partial charge is 0.383 e. The number of ether oxygens (including phenoxy) is 1. The first-order valence-electron chi connectivity index (χ1n) is 5.72. The summed E-state index contributed by atoms with van der Waals surface area (Å²) in [5, 5.41) is 7.32. The number of nitrogens with zero attached hydrogens (tertiary/aromatic N) is 2. The lowest BCUT2D eigenvalue weighted by Gasteiger charge is -2.14. The molecular weight excluding hydrogens is 254 g/mol. The number of aromatic nitrogens is 2. The fourth-order valence-corrected chi connectivity index (χ4v) is 1.68. The van der Waals surface area contributed by atoms with Gasteiger partial charge in [0.25, 0.3) is 5.56 Å². The van der Waals surface area contributed by atoms with E-state index >= 15 is 0 Å². The van der Waals surface area contributed by atoms with E-state index in [9.17, 15) is 4.79 Å². The topological polar surface area (TPSA) is 56.1 Å². The van der Waals surface area contributed by atoms with Gasteiger partial charge in [0, 0.05) is 13.2 Å².